The molecule has 2 aliphatic carbocycles. The first kappa shape index (κ1) is 27.0. The highest BCUT2D eigenvalue weighted by molar-refractivity contribution is 6.35. The van der Waals surface area contributed by atoms with Crippen LogP contribution < -0.4 is 4.90 Å². The van der Waals surface area contributed by atoms with Gasteiger partial charge in [0.15, 0.2) is 6.61 Å². The largest absolute Gasteiger partial charge is 0.507 e. The van der Waals surface area contributed by atoms with Gasteiger partial charge in [-0.2, -0.15) is 0 Å². The molecule has 43 heavy (non-hydrogen) atoms. The first-order valence-corrected chi connectivity index (χ1v) is 14.3. The van der Waals surface area contributed by atoms with Crippen molar-refractivity contribution < 1.29 is 29.0 Å². The van der Waals surface area contributed by atoms with Crippen molar-refractivity contribution in [3.05, 3.63) is 101 Å². The van der Waals surface area contributed by atoms with E-state index in [9.17, 15) is 24.3 Å². The van der Waals surface area contributed by atoms with Gasteiger partial charge in [0.1, 0.15) is 5.75 Å². The number of anilines is 1. The lowest BCUT2D eigenvalue weighted by Gasteiger charge is -2.19. The average molecular weight is 593 g/mol. The number of halogens is 1. The Labute approximate surface area is 251 Å². The van der Waals surface area contributed by atoms with E-state index in [1.165, 1.54) is 22.6 Å². The molecule has 4 aromatic rings. The number of para-hydroxylation sites is 2. The maximum absolute atomic E-state index is 13.4. The smallest absolute Gasteiger partial charge is 0.339 e. The van der Waals surface area contributed by atoms with Crippen LogP contribution >= 0.6 is 11.6 Å². The number of nitrogens with zero attached hydrogens (tertiary/aromatic N) is 2. The number of phenolic OH excluding ortho intramolecular Hbond substituents is 1. The van der Waals surface area contributed by atoms with Gasteiger partial charge in [0, 0.05) is 10.9 Å². The normalized spacial score (nSPS) is 22.2. The van der Waals surface area contributed by atoms with Gasteiger partial charge in [0.25, 0.3) is 0 Å². The van der Waals surface area contributed by atoms with Crippen LogP contribution in [0.4, 0.5) is 5.69 Å². The molecule has 2 bridgehead atoms. The van der Waals surface area contributed by atoms with Crippen LogP contribution in [0.5, 0.6) is 5.75 Å². The molecule has 2 fully saturated rings. The highest BCUT2D eigenvalue weighted by atomic mass is 35.5. The minimum atomic E-state index is -0.755. The van der Waals surface area contributed by atoms with E-state index in [0.29, 0.717) is 32.9 Å². The molecule has 2 heterocycles. The Hall–Kier alpha value is -4.82. The van der Waals surface area contributed by atoms with Crippen molar-refractivity contribution in [3.8, 4) is 17.0 Å². The lowest BCUT2D eigenvalue weighted by Crippen LogP contribution is -2.32. The number of hydrogen-bond donors (Lipinski definition) is 1. The molecule has 8 nitrogen and oxygen atoms in total. The molecular weight excluding hydrogens is 568 g/mol. The highest BCUT2D eigenvalue weighted by Crippen LogP contribution is 2.56. The maximum atomic E-state index is 13.4. The molecule has 0 radical (unpaired) electrons. The predicted octanol–water partition coefficient (Wildman–Crippen LogP) is 6.00. The minimum absolute atomic E-state index is 0.0522. The topological polar surface area (TPSA) is 114 Å². The van der Waals surface area contributed by atoms with Crippen molar-refractivity contribution in [1.29, 1.82) is 0 Å². The number of allylic oxidation sites excluding steroid dienone is 2. The fraction of sp³-hybridized carbons (Fsp3) is 0.206. The third-order valence-electron chi connectivity index (χ3n) is 8.85. The van der Waals surface area contributed by atoms with Crippen molar-refractivity contribution >= 4 is 51.8 Å². The van der Waals surface area contributed by atoms with Gasteiger partial charge in [-0.25, -0.2) is 9.78 Å². The van der Waals surface area contributed by atoms with Crippen molar-refractivity contribution in [2.75, 3.05) is 11.5 Å². The number of esters is 1. The zero-order valence-corrected chi connectivity index (χ0v) is 23.7. The van der Waals surface area contributed by atoms with Crippen LogP contribution in [0.2, 0.25) is 5.02 Å². The number of carbonyl (C=O) groups is 4. The van der Waals surface area contributed by atoms with Gasteiger partial charge in [-0.15, -0.1) is 0 Å². The number of aromatic nitrogens is 1. The van der Waals surface area contributed by atoms with E-state index in [2.05, 4.69) is 11.1 Å². The number of amides is 2. The lowest BCUT2D eigenvalue weighted by molar-refractivity contribution is -0.123. The Kier molecular flexibility index (Phi) is 6.39. The molecule has 9 heteroatoms. The summed E-state index contributed by atoms with van der Waals surface area (Å²) < 4.78 is 5.36. The Balaban J connectivity index is 1.17. The third kappa shape index (κ3) is 4.32. The van der Waals surface area contributed by atoms with Crippen molar-refractivity contribution in [3.63, 3.8) is 0 Å². The Morgan fingerprint density at radius 1 is 0.977 bits per heavy atom. The molecule has 1 aliphatic heterocycles. The summed E-state index contributed by atoms with van der Waals surface area (Å²) in [6.45, 7) is 1.47. The van der Waals surface area contributed by atoms with Gasteiger partial charge >= 0.3 is 5.97 Å². The first-order valence-electron chi connectivity index (χ1n) is 14.0. The number of rotatable bonds is 6. The van der Waals surface area contributed by atoms with Crippen molar-refractivity contribution in [2.24, 2.45) is 23.7 Å². The second-order valence-electron chi connectivity index (χ2n) is 11.2. The summed E-state index contributed by atoms with van der Waals surface area (Å²) in [5.41, 5.74) is 3.32. The molecule has 3 aliphatic rings. The number of ether oxygens (including phenoxy) is 1. The number of carbonyl (C=O) groups excluding carboxylic acids is 4. The van der Waals surface area contributed by atoms with Crippen LogP contribution in [0.15, 0.2) is 84.4 Å². The lowest BCUT2D eigenvalue weighted by atomic mass is 9.82. The molecule has 4 atom stereocenters. The molecule has 214 valence electrons. The predicted molar refractivity (Wildman–Crippen MR) is 160 cm³/mol. The van der Waals surface area contributed by atoms with E-state index < -0.39 is 18.4 Å². The number of hydrogen-bond acceptors (Lipinski definition) is 7. The van der Waals surface area contributed by atoms with Crippen molar-refractivity contribution in [1.82, 2.24) is 4.98 Å². The molecule has 1 saturated carbocycles. The molecule has 1 saturated heterocycles. The number of phenols is 1. The molecule has 7 rings (SSSR count). The number of imide groups is 1. The highest BCUT2D eigenvalue weighted by Gasteiger charge is 2.60. The third-order valence-corrected chi connectivity index (χ3v) is 9.16. The second kappa shape index (κ2) is 10.2. The molecule has 1 N–H and O–H groups in total. The zero-order valence-electron chi connectivity index (χ0n) is 23.0. The van der Waals surface area contributed by atoms with Gasteiger partial charge in [0.05, 0.1) is 44.9 Å². The standard InChI is InChI=1S/C34H25ClN2O6/c1-17-13-19-14-23(17)30-29(19)32(40)37(33(30)41)20-11-9-18(10-12-20)26-15-24(21-6-4-7-25(35)31(21)36-26)34(42)43-16-28(39)22-5-2-3-8-27(22)38/h2-13,15,19,23,29-30,38H,14,16H2,1H3. The minimum Gasteiger partial charge on any atom is -0.507 e. The summed E-state index contributed by atoms with van der Waals surface area (Å²) in [4.78, 5) is 58.5. The van der Waals surface area contributed by atoms with Gasteiger partial charge in [-0.3, -0.25) is 19.3 Å². The quantitative estimate of drug-likeness (QED) is 0.126. The first-order chi connectivity index (χ1) is 20.7. The summed E-state index contributed by atoms with van der Waals surface area (Å²) in [7, 11) is 0. The summed E-state index contributed by atoms with van der Waals surface area (Å²) >= 11 is 6.46. The summed E-state index contributed by atoms with van der Waals surface area (Å²) in [5.74, 6) is -2.14. The number of fused-ring (bicyclic) bond motifs is 6. The molecule has 1 aromatic heterocycles. The maximum Gasteiger partial charge on any atom is 0.339 e. The molecule has 2 amide bonds. The van der Waals surface area contributed by atoms with E-state index in [4.69, 9.17) is 16.3 Å². The van der Waals surface area contributed by atoms with Gasteiger partial charge < -0.3 is 9.84 Å². The van der Waals surface area contributed by atoms with Crippen LogP contribution in [0.25, 0.3) is 22.2 Å². The van der Waals surface area contributed by atoms with Crippen LogP contribution in [0.3, 0.4) is 0 Å². The Morgan fingerprint density at radius 3 is 2.49 bits per heavy atom. The van der Waals surface area contributed by atoms with E-state index in [0.717, 1.165) is 6.42 Å². The number of aromatic hydroxyl groups is 1. The van der Waals surface area contributed by atoms with E-state index in [1.54, 1.807) is 60.7 Å². The Bertz CT molecular complexity index is 1900. The number of ketones is 1. The second-order valence-corrected chi connectivity index (χ2v) is 11.6. The molecule has 4 unspecified atom stereocenters. The summed E-state index contributed by atoms with van der Waals surface area (Å²) in [5, 5.41) is 10.7. The van der Waals surface area contributed by atoms with E-state index in [-0.39, 0.29) is 52.4 Å². The van der Waals surface area contributed by atoms with Gasteiger partial charge in [-0.1, -0.05) is 59.6 Å². The summed E-state index contributed by atoms with van der Waals surface area (Å²) in [6.07, 6.45) is 3.01. The number of Topliss-reactive ketones (excluding diaryl/α,β-unsaturated/α-hetero) is 1. The monoisotopic (exact) mass is 592 g/mol. The van der Waals surface area contributed by atoms with Gasteiger partial charge in [-0.05, 0) is 61.6 Å². The number of pyridine rings is 1. The van der Waals surface area contributed by atoms with Gasteiger partial charge in [0.2, 0.25) is 17.6 Å². The fourth-order valence-electron chi connectivity index (χ4n) is 6.84. The van der Waals surface area contributed by atoms with Crippen molar-refractivity contribution in [2.45, 2.75) is 13.3 Å². The Morgan fingerprint density at radius 2 is 1.72 bits per heavy atom. The van der Waals surface area contributed by atoms with Crippen LogP contribution in [0, 0.1) is 23.7 Å². The molecule has 3 aromatic carbocycles. The van der Waals surface area contributed by atoms with E-state index in [1.807, 2.05) is 6.92 Å². The SMILES string of the molecule is CC1=CC2CC1C1C(=O)N(c3ccc(-c4cc(C(=O)OCC(=O)c5ccccc5O)c5cccc(Cl)c5n4)cc3)C(=O)C21. The van der Waals surface area contributed by atoms with Crippen LogP contribution in [0.1, 0.15) is 34.1 Å². The fourth-order valence-corrected chi connectivity index (χ4v) is 7.05. The average Bonchev–Trinajstić information content (AvgIpc) is 3.65. The van der Waals surface area contributed by atoms with E-state index >= 15 is 0 Å². The summed E-state index contributed by atoms with van der Waals surface area (Å²) in [6, 6.07) is 19.5. The number of benzene rings is 3. The van der Waals surface area contributed by atoms with Crippen LogP contribution in [-0.2, 0) is 14.3 Å². The molecule has 0 spiro atoms. The molecular formula is C34H25ClN2O6. The zero-order chi connectivity index (χ0) is 30.0. The van der Waals surface area contributed by atoms with Crippen LogP contribution in [-0.4, -0.2) is 40.3 Å².